The summed E-state index contributed by atoms with van der Waals surface area (Å²) in [5.41, 5.74) is 15.5. The summed E-state index contributed by atoms with van der Waals surface area (Å²) >= 11 is 0. The van der Waals surface area contributed by atoms with Gasteiger partial charge in [-0.25, -0.2) is 0 Å². The molecule has 4 heterocycles. The summed E-state index contributed by atoms with van der Waals surface area (Å²) in [4.78, 5) is 50.8. The van der Waals surface area contributed by atoms with Gasteiger partial charge in [-0.15, -0.1) is 0 Å². The Balaban J connectivity index is 1.08. The van der Waals surface area contributed by atoms with Gasteiger partial charge in [-0.05, 0) is 101 Å². The van der Waals surface area contributed by atoms with Gasteiger partial charge in [0.15, 0.2) is 0 Å². The molecule has 12 nitrogen and oxygen atoms in total. The third kappa shape index (κ3) is 15.0. The van der Waals surface area contributed by atoms with E-state index in [9.17, 15) is 9.59 Å². The van der Waals surface area contributed by atoms with Crippen molar-refractivity contribution in [3.05, 3.63) is 210 Å². The molecular weight excluding hydrogens is 825 g/mol. The quantitative estimate of drug-likeness (QED) is 0.0462. The number of carbonyl (C=O) groups is 2. The Morgan fingerprint density at radius 1 is 0.530 bits per heavy atom. The minimum Gasteiger partial charge on any atom is -0.494 e. The van der Waals surface area contributed by atoms with Crippen LogP contribution in [0.15, 0.2) is 170 Å². The van der Waals surface area contributed by atoms with Crippen LogP contribution in [0, 0.1) is 0 Å². The first-order valence-corrected chi connectivity index (χ1v) is 22.4. The average Bonchev–Trinajstić information content (AvgIpc) is 3.35. The highest BCUT2D eigenvalue weighted by molar-refractivity contribution is 5.86. The monoisotopic (exact) mass is 882 g/mol. The lowest BCUT2D eigenvalue weighted by Gasteiger charge is -2.26. The molecule has 1 amide bonds. The smallest absolute Gasteiger partial charge is 0.307 e. The summed E-state index contributed by atoms with van der Waals surface area (Å²) in [6.07, 6.45) is 8.46. The van der Waals surface area contributed by atoms with Crippen molar-refractivity contribution in [2.24, 2.45) is 5.73 Å². The maximum absolute atomic E-state index is 13.7. The highest BCUT2D eigenvalue weighted by Crippen LogP contribution is 2.24. The number of amides is 1. The van der Waals surface area contributed by atoms with E-state index in [1.165, 1.54) is 7.11 Å². The predicted octanol–water partition coefficient (Wildman–Crippen LogP) is 8.42. The van der Waals surface area contributed by atoms with Crippen LogP contribution in [0.2, 0.25) is 0 Å². The molecule has 338 valence electrons. The number of methoxy groups -OCH3 is 1. The second-order valence-electron chi connectivity index (χ2n) is 16.3. The Hall–Kier alpha value is -7.12. The number of hydrogen-bond donors (Lipinski definition) is 1. The van der Waals surface area contributed by atoms with Crippen molar-refractivity contribution < 1.29 is 19.1 Å². The molecule has 2 N–H and O–H groups in total. The summed E-state index contributed by atoms with van der Waals surface area (Å²) in [6, 6.07) is 47.8. The molecule has 0 fully saturated rings. The summed E-state index contributed by atoms with van der Waals surface area (Å²) < 4.78 is 11.4. The van der Waals surface area contributed by atoms with Crippen molar-refractivity contribution in [2.75, 3.05) is 20.3 Å². The normalized spacial score (nSPS) is 11.6. The lowest BCUT2D eigenvalue weighted by Crippen LogP contribution is -2.45. The summed E-state index contributed by atoms with van der Waals surface area (Å²) in [7, 11) is 1.30. The molecule has 3 aromatic carbocycles. The fourth-order valence-electron chi connectivity index (χ4n) is 7.83. The van der Waals surface area contributed by atoms with E-state index in [-0.39, 0.29) is 12.3 Å². The van der Waals surface area contributed by atoms with Crippen molar-refractivity contribution in [1.29, 1.82) is 0 Å². The van der Waals surface area contributed by atoms with Gasteiger partial charge in [0.25, 0.3) is 0 Å². The second kappa shape index (κ2) is 24.8. The topological polar surface area (TPSA) is 140 Å². The summed E-state index contributed by atoms with van der Waals surface area (Å²) in [5.74, 6) is -0.0563. The number of hydrogen-bond acceptors (Lipinski definition) is 11. The number of benzene rings is 3. The lowest BCUT2D eigenvalue weighted by molar-refractivity contribution is -0.144. The highest BCUT2D eigenvalue weighted by Gasteiger charge is 2.24. The van der Waals surface area contributed by atoms with Gasteiger partial charge in [-0.1, -0.05) is 84.9 Å². The van der Waals surface area contributed by atoms with Crippen LogP contribution in [0.4, 0.5) is 0 Å². The first kappa shape index (κ1) is 46.9. The predicted molar refractivity (Wildman–Crippen MR) is 256 cm³/mol. The molecular formula is C54H58N8O4. The van der Waals surface area contributed by atoms with E-state index < -0.39 is 12.0 Å². The molecule has 7 rings (SSSR count). The van der Waals surface area contributed by atoms with E-state index >= 15 is 0 Å². The van der Waals surface area contributed by atoms with Gasteiger partial charge in [0.2, 0.25) is 5.91 Å². The fourth-order valence-corrected chi connectivity index (χ4v) is 7.83. The maximum Gasteiger partial charge on any atom is 0.307 e. The molecule has 0 bridgehead atoms. The van der Waals surface area contributed by atoms with Crippen LogP contribution in [0.25, 0.3) is 11.1 Å². The Bertz CT molecular complexity index is 2330. The zero-order valence-corrected chi connectivity index (χ0v) is 37.6. The van der Waals surface area contributed by atoms with Gasteiger partial charge in [0.1, 0.15) is 5.75 Å². The van der Waals surface area contributed by atoms with E-state index in [0.717, 1.165) is 56.3 Å². The number of carbonyl (C=O) groups excluding carboxylic acids is 2. The van der Waals surface area contributed by atoms with E-state index in [1.807, 2.05) is 128 Å². The van der Waals surface area contributed by atoms with Gasteiger partial charge in [0.05, 0.1) is 49.0 Å². The lowest BCUT2D eigenvalue weighted by atomic mass is 10.0. The molecule has 4 aromatic heterocycles. The molecule has 7 aromatic rings. The van der Waals surface area contributed by atoms with E-state index in [4.69, 9.17) is 15.2 Å². The average molecular weight is 883 g/mol. The largest absolute Gasteiger partial charge is 0.494 e. The zero-order chi connectivity index (χ0) is 45.8. The van der Waals surface area contributed by atoms with Crippen molar-refractivity contribution in [3.8, 4) is 16.9 Å². The van der Waals surface area contributed by atoms with Crippen LogP contribution in [-0.2, 0) is 60.1 Å². The van der Waals surface area contributed by atoms with Crippen molar-refractivity contribution in [1.82, 2.24) is 34.6 Å². The molecule has 1 atom stereocenters. The van der Waals surface area contributed by atoms with E-state index in [2.05, 4.69) is 72.2 Å². The minimum atomic E-state index is -1.01. The van der Waals surface area contributed by atoms with Gasteiger partial charge < -0.3 is 20.1 Å². The number of nitrogens with zero attached hydrogens (tertiary/aromatic N) is 7. The fraction of sp³-hybridized carbons (Fsp3) is 0.259. The molecule has 1 unspecified atom stereocenters. The minimum absolute atomic E-state index is 0.192. The van der Waals surface area contributed by atoms with Crippen LogP contribution in [-0.4, -0.2) is 72.8 Å². The van der Waals surface area contributed by atoms with Crippen LogP contribution in [0.3, 0.4) is 0 Å². The molecule has 12 heteroatoms. The third-order valence-electron chi connectivity index (χ3n) is 11.1. The van der Waals surface area contributed by atoms with Crippen LogP contribution in [0.5, 0.6) is 5.75 Å². The number of esters is 1. The standard InChI is InChI=1S/C54H58N8O4/c1-65-53(63)34-52(55)54(64)62(37-42-21-23-46(24-22-42)45-15-3-2-4-16-45)29-13-14-30-66-51-32-43(35-60(38-47-17-5-9-25-56-47)39-48-18-6-10-26-57-48)31-44(33-51)36-61(40-49-19-7-11-27-58-49)41-50-20-8-12-28-59-50/h2-12,15-28,31-33,52H,13-14,29-30,34-41,55H2,1H3. The molecule has 0 radical (unpaired) electrons. The number of pyridine rings is 4. The van der Waals surface area contributed by atoms with Gasteiger partial charge >= 0.3 is 5.97 Å². The molecule has 0 aliphatic heterocycles. The molecule has 0 saturated carbocycles. The van der Waals surface area contributed by atoms with Crippen molar-refractivity contribution in [2.45, 2.75) is 71.1 Å². The van der Waals surface area contributed by atoms with Gasteiger partial charge in [-0.2, -0.15) is 0 Å². The Kier molecular flexibility index (Phi) is 17.6. The van der Waals surface area contributed by atoms with Crippen molar-refractivity contribution in [3.63, 3.8) is 0 Å². The summed E-state index contributed by atoms with van der Waals surface area (Å²) in [5, 5.41) is 0. The van der Waals surface area contributed by atoms with E-state index in [1.54, 1.807) is 4.90 Å². The second-order valence-corrected chi connectivity index (χ2v) is 16.3. The number of aromatic nitrogens is 4. The summed E-state index contributed by atoms with van der Waals surface area (Å²) in [6.45, 7) is 5.04. The number of nitrogens with two attached hydrogens (primary N) is 1. The SMILES string of the molecule is COC(=O)CC(N)C(=O)N(CCCCOc1cc(CN(Cc2ccccn2)Cc2ccccn2)cc(CN(Cc2ccccn2)Cc2ccccn2)c1)Cc1ccc(-c2ccccc2)cc1. The molecule has 0 spiro atoms. The molecule has 66 heavy (non-hydrogen) atoms. The molecule has 0 aliphatic carbocycles. The maximum atomic E-state index is 13.7. The highest BCUT2D eigenvalue weighted by atomic mass is 16.5. The number of unbranched alkanes of at least 4 members (excludes halogenated alkanes) is 1. The van der Waals surface area contributed by atoms with Crippen LogP contribution in [0.1, 0.15) is 58.7 Å². The molecule has 0 saturated heterocycles. The third-order valence-corrected chi connectivity index (χ3v) is 11.1. The number of rotatable bonds is 24. The van der Waals surface area contributed by atoms with Crippen LogP contribution < -0.4 is 10.5 Å². The van der Waals surface area contributed by atoms with Crippen LogP contribution >= 0.6 is 0 Å². The Morgan fingerprint density at radius 3 is 1.45 bits per heavy atom. The van der Waals surface area contributed by atoms with Crippen molar-refractivity contribution >= 4 is 11.9 Å². The zero-order valence-electron chi connectivity index (χ0n) is 37.6. The number of ether oxygens (including phenoxy) is 2. The first-order chi connectivity index (χ1) is 32.4. The van der Waals surface area contributed by atoms with Gasteiger partial charge in [0, 0.05) is 77.1 Å². The first-order valence-electron chi connectivity index (χ1n) is 22.4. The molecule has 0 aliphatic rings. The Morgan fingerprint density at radius 2 is 1.00 bits per heavy atom. The van der Waals surface area contributed by atoms with E-state index in [0.29, 0.717) is 71.8 Å². The van der Waals surface area contributed by atoms with Gasteiger partial charge in [-0.3, -0.25) is 39.3 Å². The Labute approximate surface area is 388 Å².